The van der Waals surface area contributed by atoms with Gasteiger partial charge in [0.2, 0.25) is 0 Å². The predicted molar refractivity (Wildman–Crippen MR) is 94.2 cm³/mol. The van der Waals surface area contributed by atoms with E-state index in [2.05, 4.69) is 10.3 Å². The Morgan fingerprint density at radius 2 is 1.70 bits per heavy atom. The topological polar surface area (TPSA) is 42.0 Å². The SMILES string of the molecule is O=C(Nc1ccccc1Sc1ccccc1)c1cccnc1Cl. The highest BCUT2D eigenvalue weighted by atomic mass is 35.5. The van der Waals surface area contributed by atoms with Gasteiger partial charge >= 0.3 is 0 Å². The molecule has 0 saturated carbocycles. The number of halogens is 1. The average Bonchev–Trinajstić information content (AvgIpc) is 2.58. The van der Waals surface area contributed by atoms with Crippen molar-refractivity contribution in [3.63, 3.8) is 0 Å². The molecule has 2 aromatic carbocycles. The summed E-state index contributed by atoms with van der Waals surface area (Å²) in [6.45, 7) is 0. The van der Waals surface area contributed by atoms with Gasteiger partial charge in [0.15, 0.2) is 0 Å². The third-order valence-electron chi connectivity index (χ3n) is 3.11. The lowest BCUT2D eigenvalue weighted by molar-refractivity contribution is 0.102. The van der Waals surface area contributed by atoms with E-state index in [9.17, 15) is 4.79 Å². The van der Waals surface area contributed by atoms with Gasteiger partial charge in [0, 0.05) is 16.0 Å². The zero-order valence-corrected chi connectivity index (χ0v) is 13.6. The van der Waals surface area contributed by atoms with Gasteiger partial charge in [-0.3, -0.25) is 4.79 Å². The molecule has 0 aliphatic rings. The summed E-state index contributed by atoms with van der Waals surface area (Å²) in [6.07, 6.45) is 1.55. The predicted octanol–water partition coefficient (Wildman–Crippen LogP) is 5.14. The quantitative estimate of drug-likeness (QED) is 0.669. The van der Waals surface area contributed by atoms with Crippen molar-refractivity contribution >= 4 is 35.0 Å². The maximum absolute atomic E-state index is 12.4. The number of anilines is 1. The maximum atomic E-state index is 12.4. The van der Waals surface area contributed by atoms with Crippen LogP contribution in [0.25, 0.3) is 0 Å². The van der Waals surface area contributed by atoms with Crippen LogP contribution in [0.1, 0.15) is 10.4 Å². The minimum absolute atomic E-state index is 0.193. The zero-order chi connectivity index (χ0) is 16.1. The smallest absolute Gasteiger partial charge is 0.258 e. The van der Waals surface area contributed by atoms with Gasteiger partial charge in [-0.15, -0.1) is 0 Å². The number of hydrogen-bond acceptors (Lipinski definition) is 3. The Hall–Kier alpha value is -2.30. The molecule has 5 heteroatoms. The van der Waals surface area contributed by atoms with E-state index in [-0.39, 0.29) is 11.1 Å². The van der Waals surface area contributed by atoms with Crippen molar-refractivity contribution in [2.24, 2.45) is 0 Å². The summed E-state index contributed by atoms with van der Waals surface area (Å²) in [5.41, 5.74) is 1.10. The Balaban J connectivity index is 1.84. The third-order valence-corrected chi connectivity index (χ3v) is 4.49. The van der Waals surface area contributed by atoms with Gasteiger partial charge in [0.05, 0.1) is 11.3 Å². The molecule has 0 aliphatic heterocycles. The van der Waals surface area contributed by atoms with Crippen LogP contribution in [0, 0.1) is 0 Å². The third kappa shape index (κ3) is 3.92. The summed E-state index contributed by atoms with van der Waals surface area (Å²) >= 11 is 7.57. The summed E-state index contributed by atoms with van der Waals surface area (Å²) in [5, 5.41) is 3.10. The molecule has 114 valence electrons. The lowest BCUT2D eigenvalue weighted by atomic mass is 10.2. The molecule has 0 atom stereocenters. The van der Waals surface area contributed by atoms with Crippen molar-refractivity contribution in [1.82, 2.24) is 4.98 Å². The number of aromatic nitrogens is 1. The van der Waals surface area contributed by atoms with Crippen molar-refractivity contribution in [2.45, 2.75) is 9.79 Å². The highest BCUT2D eigenvalue weighted by molar-refractivity contribution is 7.99. The molecule has 1 amide bonds. The van der Waals surface area contributed by atoms with E-state index < -0.39 is 0 Å². The Bertz CT molecular complexity index is 824. The number of amides is 1. The van der Waals surface area contributed by atoms with Crippen LogP contribution in [0.4, 0.5) is 5.69 Å². The van der Waals surface area contributed by atoms with Gasteiger partial charge in [-0.2, -0.15) is 0 Å². The highest BCUT2D eigenvalue weighted by Gasteiger charge is 2.13. The number of nitrogens with one attached hydrogen (secondary N) is 1. The molecule has 0 fully saturated rings. The van der Waals surface area contributed by atoms with E-state index in [1.807, 2.05) is 54.6 Å². The van der Waals surface area contributed by atoms with Crippen LogP contribution in [-0.4, -0.2) is 10.9 Å². The van der Waals surface area contributed by atoms with Crippen molar-refractivity contribution in [1.29, 1.82) is 0 Å². The number of carbonyl (C=O) groups is 1. The monoisotopic (exact) mass is 340 g/mol. The van der Waals surface area contributed by atoms with Crippen LogP contribution in [0.5, 0.6) is 0 Å². The molecular weight excluding hydrogens is 328 g/mol. The average molecular weight is 341 g/mol. The van der Waals surface area contributed by atoms with Crippen molar-refractivity contribution in [2.75, 3.05) is 5.32 Å². The molecule has 0 saturated heterocycles. The summed E-state index contributed by atoms with van der Waals surface area (Å²) in [4.78, 5) is 18.4. The second-order valence-electron chi connectivity index (χ2n) is 4.71. The maximum Gasteiger partial charge on any atom is 0.258 e. The molecule has 1 heterocycles. The van der Waals surface area contributed by atoms with Crippen LogP contribution < -0.4 is 5.32 Å². The Morgan fingerprint density at radius 3 is 2.48 bits per heavy atom. The number of carbonyl (C=O) groups excluding carboxylic acids is 1. The fourth-order valence-electron chi connectivity index (χ4n) is 2.02. The molecule has 0 aliphatic carbocycles. The van der Waals surface area contributed by atoms with Gasteiger partial charge in [0.1, 0.15) is 5.15 Å². The normalized spacial score (nSPS) is 10.3. The number of benzene rings is 2. The number of hydrogen-bond donors (Lipinski definition) is 1. The number of rotatable bonds is 4. The van der Waals surface area contributed by atoms with Gasteiger partial charge in [-0.05, 0) is 36.4 Å². The Labute approximate surface area is 143 Å². The Kier molecular flexibility index (Phi) is 4.95. The molecule has 0 unspecified atom stereocenters. The first-order valence-electron chi connectivity index (χ1n) is 6.98. The molecule has 1 aromatic heterocycles. The van der Waals surface area contributed by atoms with Crippen LogP contribution in [0.15, 0.2) is 82.7 Å². The van der Waals surface area contributed by atoms with Crippen LogP contribution in [0.2, 0.25) is 5.15 Å². The molecule has 3 nitrogen and oxygen atoms in total. The minimum atomic E-state index is -0.274. The summed E-state index contributed by atoms with van der Waals surface area (Å²) in [6, 6.07) is 21.0. The number of para-hydroxylation sites is 1. The molecule has 0 bridgehead atoms. The van der Waals surface area contributed by atoms with E-state index in [1.165, 1.54) is 0 Å². The minimum Gasteiger partial charge on any atom is -0.321 e. The van der Waals surface area contributed by atoms with Crippen LogP contribution in [-0.2, 0) is 0 Å². The summed E-state index contributed by atoms with van der Waals surface area (Å²) < 4.78 is 0. The second-order valence-corrected chi connectivity index (χ2v) is 6.18. The first kappa shape index (κ1) is 15.6. The van der Waals surface area contributed by atoms with Gasteiger partial charge in [0.25, 0.3) is 5.91 Å². The fourth-order valence-corrected chi connectivity index (χ4v) is 3.15. The van der Waals surface area contributed by atoms with E-state index >= 15 is 0 Å². The van der Waals surface area contributed by atoms with Gasteiger partial charge in [-0.1, -0.05) is 53.7 Å². The van der Waals surface area contributed by atoms with Crippen molar-refractivity contribution in [3.8, 4) is 0 Å². The van der Waals surface area contributed by atoms with E-state index in [0.717, 1.165) is 15.5 Å². The van der Waals surface area contributed by atoms with E-state index in [0.29, 0.717) is 5.56 Å². The molecule has 0 spiro atoms. The van der Waals surface area contributed by atoms with Crippen LogP contribution >= 0.6 is 23.4 Å². The molecule has 0 radical (unpaired) electrons. The second kappa shape index (κ2) is 7.31. The van der Waals surface area contributed by atoms with Crippen LogP contribution in [0.3, 0.4) is 0 Å². The van der Waals surface area contributed by atoms with Crippen molar-refractivity contribution < 1.29 is 4.79 Å². The molecule has 1 N–H and O–H groups in total. The van der Waals surface area contributed by atoms with Gasteiger partial charge in [-0.25, -0.2) is 4.98 Å². The molecule has 3 aromatic rings. The highest BCUT2D eigenvalue weighted by Crippen LogP contribution is 2.33. The van der Waals surface area contributed by atoms with E-state index in [1.54, 1.807) is 30.1 Å². The van der Waals surface area contributed by atoms with E-state index in [4.69, 9.17) is 11.6 Å². The molecule has 23 heavy (non-hydrogen) atoms. The first-order chi connectivity index (χ1) is 11.2. The Morgan fingerprint density at radius 1 is 0.957 bits per heavy atom. The number of pyridine rings is 1. The first-order valence-corrected chi connectivity index (χ1v) is 8.17. The zero-order valence-electron chi connectivity index (χ0n) is 12.1. The molecular formula is C18H13ClN2OS. The van der Waals surface area contributed by atoms with Crippen molar-refractivity contribution in [3.05, 3.63) is 83.6 Å². The largest absolute Gasteiger partial charge is 0.321 e. The fraction of sp³-hybridized carbons (Fsp3) is 0. The standard InChI is InChI=1S/C18H13ClN2OS/c19-17-14(9-6-12-20-17)18(22)21-15-10-4-5-11-16(15)23-13-7-2-1-3-8-13/h1-12H,(H,21,22). The van der Waals surface area contributed by atoms with Gasteiger partial charge < -0.3 is 5.32 Å². The molecule has 3 rings (SSSR count). The summed E-state index contributed by atoms with van der Waals surface area (Å²) in [5.74, 6) is -0.274. The summed E-state index contributed by atoms with van der Waals surface area (Å²) in [7, 11) is 0. The lowest BCUT2D eigenvalue weighted by Gasteiger charge is -2.11. The number of nitrogens with zero attached hydrogens (tertiary/aromatic N) is 1. The lowest BCUT2D eigenvalue weighted by Crippen LogP contribution is -2.13.